The van der Waals surface area contributed by atoms with Gasteiger partial charge in [0.15, 0.2) is 0 Å². The molecular weight excluding hydrogens is 236 g/mol. The maximum Gasteiger partial charge on any atom is 0.128 e. The van der Waals surface area contributed by atoms with Gasteiger partial charge in [-0.15, -0.1) is 0 Å². The van der Waals surface area contributed by atoms with Crippen molar-refractivity contribution in [3.05, 3.63) is 12.8 Å². The van der Waals surface area contributed by atoms with Crippen LogP contribution in [0.25, 0.3) is 0 Å². The molecule has 2 saturated carbocycles. The van der Waals surface area contributed by atoms with E-state index in [4.69, 9.17) is 9.47 Å². The molecule has 2 fully saturated rings. The molecule has 0 aromatic rings. The number of hydrogen-bond acceptors (Lipinski definition) is 2. The number of fused-ring (bicyclic) bond motifs is 2. The summed E-state index contributed by atoms with van der Waals surface area (Å²) in [6.07, 6.45) is 4.46. The molecule has 2 rings (SSSR count). The third-order valence-corrected chi connectivity index (χ3v) is 5.65. The zero-order chi connectivity index (χ0) is 14.5. The van der Waals surface area contributed by atoms with Crippen molar-refractivity contribution < 1.29 is 9.47 Å². The molecule has 0 spiro atoms. The quantitative estimate of drug-likeness (QED) is 0.702. The van der Waals surface area contributed by atoms with Crippen LogP contribution in [0.5, 0.6) is 0 Å². The maximum absolute atomic E-state index is 6.33. The van der Waals surface area contributed by atoms with Gasteiger partial charge in [0.25, 0.3) is 0 Å². The average Bonchev–Trinajstić information content (AvgIpc) is 2.56. The molecule has 0 aliphatic heterocycles. The summed E-state index contributed by atoms with van der Waals surface area (Å²) in [6.45, 7) is 18.3. The van der Waals surface area contributed by atoms with Gasteiger partial charge in [-0.05, 0) is 23.7 Å². The zero-order valence-electron chi connectivity index (χ0n) is 13.5. The minimum atomic E-state index is 0.175. The van der Waals surface area contributed by atoms with Gasteiger partial charge in [-0.1, -0.05) is 48.1 Å². The van der Waals surface area contributed by atoms with Crippen LogP contribution >= 0.6 is 0 Å². The molecule has 19 heavy (non-hydrogen) atoms. The Morgan fingerprint density at radius 3 is 2.42 bits per heavy atom. The van der Waals surface area contributed by atoms with E-state index in [-0.39, 0.29) is 28.5 Å². The Bertz CT molecular complexity index is 353. The topological polar surface area (TPSA) is 18.5 Å². The molecule has 110 valence electrons. The lowest BCUT2D eigenvalue weighted by molar-refractivity contribution is -0.116. The van der Waals surface area contributed by atoms with Gasteiger partial charge in [0.05, 0.1) is 12.9 Å². The molecule has 0 aromatic heterocycles. The predicted molar refractivity (Wildman–Crippen MR) is 78.9 cm³/mol. The van der Waals surface area contributed by atoms with Crippen molar-refractivity contribution in [2.24, 2.45) is 22.2 Å². The van der Waals surface area contributed by atoms with E-state index in [1.165, 1.54) is 12.8 Å². The lowest BCUT2D eigenvalue weighted by atomic mass is 9.70. The summed E-state index contributed by atoms with van der Waals surface area (Å²) in [5.41, 5.74) is 0.695. The van der Waals surface area contributed by atoms with E-state index in [1.54, 1.807) is 6.26 Å². The van der Waals surface area contributed by atoms with Crippen LogP contribution in [0.15, 0.2) is 12.8 Å². The van der Waals surface area contributed by atoms with E-state index in [9.17, 15) is 0 Å². The van der Waals surface area contributed by atoms with E-state index in [0.717, 1.165) is 6.61 Å². The normalized spacial score (nSPS) is 40.4. The highest BCUT2D eigenvalue weighted by Crippen LogP contribution is 2.67. The fraction of sp³-hybridized carbons (Fsp3) is 0.882. The molecule has 2 aliphatic carbocycles. The van der Waals surface area contributed by atoms with Crippen LogP contribution in [-0.2, 0) is 9.47 Å². The molecule has 2 bridgehead atoms. The first kappa shape index (κ1) is 14.9. The Morgan fingerprint density at radius 2 is 1.89 bits per heavy atom. The summed E-state index contributed by atoms with van der Waals surface area (Å²) in [4.78, 5) is 0. The summed E-state index contributed by atoms with van der Waals surface area (Å²) in [6, 6.07) is 0. The van der Waals surface area contributed by atoms with Crippen LogP contribution in [0.2, 0.25) is 0 Å². The molecule has 2 nitrogen and oxygen atoms in total. The van der Waals surface area contributed by atoms with E-state index >= 15 is 0 Å². The van der Waals surface area contributed by atoms with Gasteiger partial charge in [0.1, 0.15) is 12.2 Å². The second kappa shape index (κ2) is 4.51. The molecule has 2 aliphatic rings. The third-order valence-electron chi connectivity index (χ3n) is 5.65. The van der Waals surface area contributed by atoms with E-state index < -0.39 is 0 Å². The van der Waals surface area contributed by atoms with Crippen LogP contribution in [0, 0.1) is 22.2 Å². The molecule has 0 radical (unpaired) electrons. The van der Waals surface area contributed by atoms with Crippen molar-refractivity contribution in [1.82, 2.24) is 0 Å². The molecule has 0 heterocycles. The van der Waals surface area contributed by atoms with Gasteiger partial charge in [-0.25, -0.2) is 0 Å². The fourth-order valence-corrected chi connectivity index (χ4v) is 4.12. The van der Waals surface area contributed by atoms with Crippen molar-refractivity contribution in [1.29, 1.82) is 0 Å². The highest BCUT2D eigenvalue weighted by atomic mass is 16.5. The molecular formula is C17H30O2. The monoisotopic (exact) mass is 266 g/mol. The summed E-state index contributed by atoms with van der Waals surface area (Å²) in [5.74, 6) is 0.584. The minimum Gasteiger partial charge on any atom is -0.496 e. The summed E-state index contributed by atoms with van der Waals surface area (Å²) in [7, 11) is 0. The Morgan fingerprint density at radius 1 is 1.26 bits per heavy atom. The van der Waals surface area contributed by atoms with E-state index in [2.05, 4.69) is 48.1 Å². The van der Waals surface area contributed by atoms with Gasteiger partial charge in [0.2, 0.25) is 0 Å². The van der Waals surface area contributed by atoms with Crippen molar-refractivity contribution in [3.63, 3.8) is 0 Å². The van der Waals surface area contributed by atoms with Gasteiger partial charge in [-0.3, -0.25) is 0 Å². The fourth-order valence-electron chi connectivity index (χ4n) is 4.12. The Kier molecular flexibility index (Phi) is 3.54. The van der Waals surface area contributed by atoms with Crippen LogP contribution in [0.4, 0.5) is 0 Å². The summed E-state index contributed by atoms with van der Waals surface area (Å²) < 4.78 is 12.2. The van der Waals surface area contributed by atoms with Crippen molar-refractivity contribution in [2.45, 2.75) is 66.6 Å². The van der Waals surface area contributed by atoms with Crippen molar-refractivity contribution in [3.8, 4) is 0 Å². The molecule has 4 atom stereocenters. The Hall–Kier alpha value is -0.500. The lowest BCUT2D eigenvalue weighted by Gasteiger charge is -2.40. The average molecular weight is 266 g/mol. The van der Waals surface area contributed by atoms with E-state index in [0.29, 0.717) is 5.92 Å². The van der Waals surface area contributed by atoms with Gasteiger partial charge >= 0.3 is 0 Å². The SMILES string of the molecule is C=CO[C@@H]1[C@H]2CC[C@@](C)([C@@H]1OCC(C)(C)C)C2(C)C. The van der Waals surface area contributed by atoms with Crippen molar-refractivity contribution >= 4 is 0 Å². The number of hydrogen-bond donors (Lipinski definition) is 0. The van der Waals surface area contributed by atoms with Crippen LogP contribution in [0.1, 0.15) is 54.4 Å². The van der Waals surface area contributed by atoms with Crippen LogP contribution < -0.4 is 0 Å². The van der Waals surface area contributed by atoms with Gasteiger partial charge < -0.3 is 9.47 Å². The summed E-state index contributed by atoms with van der Waals surface area (Å²) in [5, 5.41) is 0. The molecule has 0 aromatic carbocycles. The smallest absolute Gasteiger partial charge is 0.128 e. The number of rotatable bonds is 4. The standard InChI is InChI=1S/C17H30O2/c1-8-18-13-12-9-10-17(7,16(12,5)6)14(13)19-11-15(2,3)4/h8,12-14H,1,9-11H2,2-7H3/t12-,13-,14-,17+/m1/s1. The van der Waals surface area contributed by atoms with Crippen LogP contribution in [-0.4, -0.2) is 18.8 Å². The second-order valence-corrected chi connectivity index (χ2v) is 8.34. The minimum absolute atomic E-state index is 0.175. The Balaban J connectivity index is 2.21. The van der Waals surface area contributed by atoms with Gasteiger partial charge in [-0.2, -0.15) is 0 Å². The molecule has 0 N–H and O–H groups in total. The third kappa shape index (κ3) is 2.22. The van der Waals surface area contributed by atoms with Crippen molar-refractivity contribution in [2.75, 3.05) is 6.61 Å². The predicted octanol–water partition coefficient (Wildman–Crippen LogP) is 4.40. The first-order chi connectivity index (χ1) is 8.63. The highest BCUT2D eigenvalue weighted by molar-refractivity contribution is 5.16. The number of ether oxygens (including phenoxy) is 2. The Labute approximate surface area is 118 Å². The largest absolute Gasteiger partial charge is 0.496 e. The first-order valence-corrected chi connectivity index (χ1v) is 7.51. The molecule has 0 unspecified atom stereocenters. The van der Waals surface area contributed by atoms with Crippen LogP contribution in [0.3, 0.4) is 0 Å². The first-order valence-electron chi connectivity index (χ1n) is 7.51. The second-order valence-electron chi connectivity index (χ2n) is 8.34. The zero-order valence-corrected chi connectivity index (χ0v) is 13.5. The summed E-state index contributed by atoms with van der Waals surface area (Å²) >= 11 is 0. The molecule has 2 heteroatoms. The van der Waals surface area contributed by atoms with E-state index in [1.807, 2.05) is 0 Å². The molecule has 0 saturated heterocycles. The maximum atomic E-state index is 6.33. The van der Waals surface area contributed by atoms with Gasteiger partial charge in [0, 0.05) is 11.3 Å². The molecule has 0 amide bonds. The lowest BCUT2D eigenvalue weighted by Crippen LogP contribution is -2.43. The highest BCUT2D eigenvalue weighted by Gasteiger charge is 2.67.